The van der Waals surface area contributed by atoms with Crippen LogP contribution in [0.25, 0.3) is 11.0 Å². The minimum atomic E-state index is -0.917. The van der Waals surface area contributed by atoms with Crippen LogP contribution in [-0.4, -0.2) is 17.3 Å². The van der Waals surface area contributed by atoms with Crippen LogP contribution in [0.3, 0.4) is 0 Å². The fourth-order valence-electron chi connectivity index (χ4n) is 2.21. The second-order valence-corrected chi connectivity index (χ2v) is 4.79. The van der Waals surface area contributed by atoms with Crippen molar-refractivity contribution in [3.8, 4) is 5.75 Å². The van der Waals surface area contributed by atoms with Gasteiger partial charge in [-0.15, -0.1) is 0 Å². The van der Waals surface area contributed by atoms with Gasteiger partial charge in [0.2, 0.25) is 0 Å². The molecule has 3 rings (SSSR count). The Hall–Kier alpha value is -3.08. The molecule has 2 aromatic carbocycles. The molecule has 1 atom stereocenters. The highest BCUT2D eigenvalue weighted by Crippen LogP contribution is 2.24. The lowest BCUT2D eigenvalue weighted by Crippen LogP contribution is -2.29. The lowest BCUT2D eigenvalue weighted by molar-refractivity contribution is -0.109. The summed E-state index contributed by atoms with van der Waals surface area (Å²) in [5.41, 5.74) is 0.742. The highest BCUT2D eigenvalue weighted by molar-refractivity contribution is 5.98. The molecule has 22 heavy (non-hydrogen) atoms. The number of furan rings is 1. The lowest BCUT2D eigenvalue weighted by Gasteiger charge is -2.11. The normalized spacial score (nSPS) is 12.0. The first-order chi connectivity index (χ1) is 10.7. The number of carbonyl (C=O) groups is 2. The van der Waals surface area contributed by atoms with Crippen LogP contribution in [0.2, 0.25) is 0 Å². The molecule has 3 aromatic rings. The molecule has 2 N–H and O–H groups in total. The van der Waals surface area contributed by atoms with Crippen molar-refractivity contribution in [1.29, 1.82) is 0 Å². The first-order valence-corrected chi connectivity index (χ1v) is 6.71. The number of hydrogen-bond donors (Lipinski definition) is 2. The van der Waals surface area contributed by atoms with Gasteiger partial charge in [-0.1, -0.05) is 30.3 Å². The number of amides is 1. The third kappa shape index (κ3) is 2.56. The van der Waals surface area contributed by atoms with Crippen LogP contribution >= 0.6 is 0 Å². The summed E-state index contributed by atoms with van der Waals surface area (Å²) in [4.78, 5) is 23.4. The van der Waals surface area contributed by atoms with Crippen molar-refractivity contribution in [2.24, 2.45) is 0 Å². The SMILES string of the molecule is O=CC(NC(=O)c1ccccc1O)c1cc2ccccc2o1. The van der Waals surface area contributed by atoms with Crippen LogP contribution in [0.4, 0.5) is 0 Å². The smallest absolute Gasteiger partial charge is 0.255 e. The number of aromatic hydroxyl groups is 1. The van der Waals surface area contributed by atoms with E-state index in [1.54, 1.807) is 24.3 Å². The number of nitrogens with one attached hydrogen (secondary N) is 1. The van der Waals surface area contributed by atoms with E-state index < -0.39 is 11.9 Å². The molecule has 0 spiro atoms. The van der Waals surface area contributed by atoms with Crippen molar-refractivity contribution in [2.45, 2.75) is 6.04 Å². The number of phenols is 1. The van der Waals surface area contributed by atoms with Gasteiger partial charge in [0.25, 0.3) is 5.91 Å². The Morgan fingerprint density at radius 3 is 2.59 bits per heavy atom. The zero-order chi connectivity index (χ0) is 15.5. The molecule has 1 heterocycles. The molecule has 0 saturated carbocycles. The number of fused-ring (bicyclic) bond motifs is 1. The summed E-state index contributed by atoms with van der Waals surface area (Å²) in [6, 6.07) is 14.2. The molecular weight excluding hydrogens is 282 g/mol. The minimum absolute atomic E-state index is 0.102. The van der Waals surface area contributed by atoms with Crippen molar-refractivity contribution in [3.05, 3.63) is 65.9 Å². The van der Waals surface area contributed by atoms with Gasteiger partial charge < -0.3 is 19.6 Å². The molecule has 0 aliphatic carbocycles. The highest BCUT2D eigenvalue weighted by Gasteiger charge is 2.20. The summed E-state index contributed by atoms with van der Waals surface area (Å²) in [5, 5.41) is 13.1. The maximum atomic E-state index is 12.2. The Balaban J connectivity index is 1.87. The standard InChI is InChI=1S/C17H13NO4/c19-10-13(16-9-11-5-1-4-8-15(11)22-16)18-17(21)12-6-2-3-7-14(12)20/h1-10,13,20H,(H,18,21). The van der Waals surface area contributed by atoms with Crippen LogP contribution in [0, 0.1) is 0 Å². The summed E-state index contributed by atoms with van der Waals surface area (Å²) in [7, 11) is 0. The highest BCUT2D eigenvalue weighted by atomic mass is 16.3. The van der Waals surface area contributed by atoms with Gasteiger partial charge in [-0.05, 0) is 24.3 Å². The van der Waals surface area contributed by atoms with Gasteiger partial charge >= 0.3 is 0 Å². The number of aldehydes is 1. The van der Waals surface area contributed by atoms with Gasteiger partial charge in [0.15, 0.2) is 0 Å². The molecular formula is C17H13NO4. The Morgan fingerprint density at radius 2 is 1.86 bits per heavy atom. The molecule has 110 valence electrons. The molecule has 0 aliphatic heterocycles. The van der Waals surface area contributed by atoms with Crippen molar-refractivity contribution in [3.63, 3.8) is 0 Å². The maximum Gasteiger partial charge on any atom is 0.255 e. The molecule has 0 bridgehead atoms. The predicted octanol–water partition coefficient (Wildman–Crippen LogP) is 2.81. The Morgan fingerprint density at radius 1 is 1.14 bits per heavy atom. The molecule has 1 aromatic heterocycles. The Bertz CT molecular complexity index is 804. The number of para-hydroxylation sites is 2. The van der Waals surface area contributed by atoms with Crippen LogP contribution < -0.4 is 5.32 Å². The third-order valence-corrected chi connectivity index (χ3v) is 3.32. The van der Waals surface area contributed by atoms with E-state index in [0.717, 1.165) is 5.39 Å². The summed E-state index contributed by atoms with van der Waals surface area (Å²) in [5.74, 6) is -0.343. The van der Waals surface area contributed by atoms with Crippen LogP contribution in [0.5, 0.6) is 5.75 Å². The van der Waals surface area contributed by atoms with Gasteiger partial charge in [0.05, 0.1) is 5.56 Å². The average molecular weight is 295 g/mol. The molecule has 1 amide bonds. The van der Waals surface area contributed by atoms with Crippen molar-refractivity contribution < 1.29 is 19.1 Å². The molecule has 0 aliphatic rings. The first-order valence-electron chi connectivity index (χ1n) is 6.71. The van der Waals surface area contributed by atoms with E-state index in [1.165, 1.54) is 12.1 Å². The second kappa shape index (κ2) is 5.73. The largest absolute Gasteiger partial charge is 0.507 e. The van der Waals surface area contributed by atoms with E-state index in [2.05, 4.69) is 5.32 Å². The summed E-state index contributed by atoms with van der Waals surface area (Å²) in [6.07, 6.45) is 0.593. The number of benzene rings is 2. The van der Waals surface area contributed by atoms with E-state index >= 15 is 0 Å². The van der Waals surface area contributed by atoms with Crippen LogP contribution in [0.1, 0.15) is 22.2 Å². The lowest BCUT2D eigenvalue weighted by atomic mass is 10.1. The van der Waals surface area contributed by atoms with Crippen LogP contribution in [-0.2, 0) is 4.79 Å². The fraction of sp³-hybridized carbons (Fsp3) is 0.0588. The number of hydrogen-bond acceptors (Lipinski definition) is 4. The zero-order valence-corrected chi connectivity index (χ0v) is 11.5. The minimum Gasteiger partial charge on any atom is -0.507 e. The molecule has 5 heteroatoms. The monoisotopic (exact) mass is 295 g/mol. The quantitative estimate of drug-likeness (QED) is 0.725. The van der Waals surface area contributed by atoms with E-state index in [4.69, 9.17) is 4.42 Å². The molecule has 0 radical (unpaired) electrons. The van der Waals surface area contributed by atoms with Gasteiger partial charge in [0.1, 0.15) is 29.4 Å². The van der Waals surface area contributed by atoms with Gasteiger partial charge in [-0.2, -0.15) is 0 Å². The Kier molecular flexibility index (Phi) is 3.62. The maximum absolute atomic E-state index is 12.2. The molecule has 1 unspecified atom stereocenters. The van der Waals surface area contributed by atoms with Gasteiger partial charge in [0, 0.05) is 5.39 Å². The second-order valence-electron chi connectivity index (χ2n) is 4.79. The van der Waals surface area contributed by atoms with Crippen LogP contribution in [0.15, 0.2) is 59.0 Å². The summed E-state index contributed by atoms with van der Waals surface area (Å²) >= 11 is 0. The van der Waals surface area contributed by atoms with Crippen molar-refractivity contribution in [2.75, 3.05) is 0 Å². The van der Waals surface area contributed by atoms with E-state index in [0.29, 0.717) is 17.6 Å². The summed E-state index contributed by atoms with van der Waals surface area (Å²) in [6.45, 7) is 0. The van der Waals surface area contributed by atoms with Crippen molar-refractivity contribution in [1.82, 2.24) is 5.32 Å². The predicted molar refractivity (Wildman–Crippen MR) is 80.6 cm³/mol. The number of carbonyl (C=O) groups excluding carboxylic acids is 2. The summed E-state index contributed by atoms with van der Waals surface area (Å²) < 4.78 is 5.58. The molecule has 0 fully saturated rings. The number of phenolic OH excluding ortho intramolecular Hbond substituents is 1. The van der Waals surface area contributed by atoms with E-state index in [9.17, 15) is 14.7 Å². The first kappa shape index (κ1) is 13.9. The molecule has 0 saturated heterocycles. The van der Waals surface area contributed by atoms with E-state index in [-0.39, 0.29) is 11.3 Å². The fourth-order valence-corrected chi connectivity index (χ4v) is 2.21. The third-order valence-electron chi connectivity index (χ3n) is 3.32. The van der Waals surface area contributed by atoms with Gasteiger partial charge in [-0.3, -0.25) is 4.79 Å². The zero-order valence-electron chi connectivity index (χ0n) is 11.5. The average Bonchev–Trinajstić information content (AvgIpc) is 2.96. The van der Waals surface area contributed by atoms with Gasteiger partial charge in [-0.25, -0.2) is 0 Å². The van der Waals surface area contributed by atoms with Crippen molar-refractivity contribution >= 4 is 23.2 Å². The van der Waals surface area contributed by atoms with E-state index in [1.807, 2.05) is 18.2 Å². The Labute approximate surface area is 126 Å². The topological polar surface area (TPSA) is 79.5 Å². The molecule has 5 nitrogen and oxygen atoms in total. The number of rotatable bonds is 4.